The van der Waals surface area contributed by atoms with Crippen LogP contribution in [0, 0.1) is 0 Å². The first-order valence-electron chi connectivity index (χ1n) is 4.07. The van der Waals surface area contributed by atoms with Crippen LogP contribution in [0.25, 0.3) is 0 Å². The lowest BCUT2D eigenvalue weighted by Gasteiger charge is -2.12. The molecule has 0 aromatic carbocycles. The van der Waals surface area contributed by atoms with Crippen LogP contribution < -0.4 is 0 Å². The van der Waals surface area contributed by atoms with Crippen molar-refractivity contribution in [2.75, 3.05) is 13.2 Å². The van der Waals surface area contributed by atoms with E-state index in [0.29, 0.717) is 18.8 Å². The third-order valence-electron chi connectivity index (χ3n) is 1.82. The average Bonchev–Trinajstić information content (AvgIpc) is 2.26. The van der Waals surface area contributed by atoms with Gasteiger partial charge in [-0.1, -0.05) is 0 Å². The van der Waals surface area contributed by atoms with Gasteiger partial charge in [0.25, 0.3) is 0 Å². The maximum absolute atomic E-state index is 11.5. The van der Waals surface area contributed by atoms with Crippen molar-refractivity contribution >= 4 is 5.78 Å². The Kier molecular flexibility index (Phi) is 2.52. The van der Waals surface area contributed by atoms with Crippen LogP contribution in [0.1, 0.15) is 20.8 Å². The van der Waals surface area contributed by atoms with Gasteiger partial charge in [0.2, 0.25) is 0 Å². The molecule has 12 heavy (non-hydrogen) atoms. The molecule has 0 aliphatic carbocycles. The van der Waals surface area contributed by atoms with Gasteiger partial charge in [-0.25, -0.2) is 0 Å². The lowest BCUT2D eigenvalue weighted by atomic mass is 10.0. The summed E-state index contributed by atoms with van der Waals surface area (Å²) in [5.74, 6) is 0.0240. The van der Waals surface area contributed by atoms with Crippen molar-refractivity contribution in [1.82, 2.24) is 0 Å². The van der Waals surface area contributed by atoms with Crippen LogP contribution in [0.3, 0.4) is 0 Å². The SMILES string of the molecule is CCO/C=C1/COC(C)(C)C1=O. The molecular weight excluding hydrogens is 156 g/mol. The van der Waals surface area contributed by atoms with Gasteiger partial charge in [0, 0.05) is 0 Å². The largest absolute Gasteiger partial charge is 0.501 e. The minimum absolute atomic E-state index is 0.0240. The molecule has 0 bridgehead atoms. The topological polar surface area (TPSA) is 35.5 Å². The first-order valence-corrected chi connectivity index (χ1v) is 4.07. The molecule has 0 N–H and O–H groups in total. The molecule has 1 aliphatic rings. The number of hydrogen-bond donors (Lipinski definition) is 0. The van der Waals surface area contributed by atoms with E-state index in [1.807, 2.05) is 6.92 Å². The van der Waals surface area contributed by atoms with Gasteiger partial charge in [0.05, 0.1) is 25.0 Å². The van der Waals surface area contributed by atoms with Gasteiger partial charge in [-0.05, 0) is 20.8 Å². The van der Waals surface area contributed by atoms with Gasteiger partial charge < -0.3 is 9.47 Å². The molecule has 3 heteroatoms. The van der Waals surface area contributed by atoms with Crippen LogP contribution in [0.5, 0.6) is 0 Å². The van der Waals surface area contributed by atoms with E-state index in [-0.39, 0.29) is 5.78 Å². The van der Waals surface area contributed by atoms with E-state index in [9.17, 15) is 4.79 Å². The molecule has 1 aliphatic heterocycles. The molecule has 0 atom stereocenters. The van der Waals surface area contributed by atoms with Gasteiger partial charge >= 0.3 is 0 Å². The predicted octanol–water partition coefficient (Wildman–Crippen LogP) is 1.28. The monoisotopic (exact) mass is 170 g/mol. The Morgan fingerprint density at radius 1 is 1.67 bits per heavy atom. The zero-order chi connectivity index (χ0) is 9.19. The quantitative estimate of drug-likeness (QED) is 0.462. The van der Waals surface area contributed by atoms with Crippen molar-refractivity contribution in [1.29, 1.82) is 0 Å². The molecule has 0 amide bonds. The Balaban J connectivity index is 2.67. The maximum atomic E-state index is 11.5. The highest BCUT2D eigenvalue weighted by Gasteiger charge is 2.37. The second-order valence-electron chi connectivity index (χ2n) is 3.23. The summed E-state index contributed by atoms with van der Waals surface area (Å²) in [7, 11) is 0. The van der Waals surface area contributed by atoms with Gasteiger partial charge in [0.1, 0.15) is 5.60 Å². The lowest BCUT2D eigenvalue weighted by molar-refractivity contribution is -0.127. The molecule has 1 heterocycles. The van der Waals surface area contributed by atoms with Crippen LogP contribution in [0.2, 0.25) is 0 Å². The van der Waals surface area contributed by atoms with Crippen molar-refractivity contribution in [3.8, 4) is 0 Å². The van der Waals surface area contributed by atoms with E-state index in [0.717, 1.165) is 0 Å². The Morgan fingerprint density at radius 2 is 2.33 bits per heavy atom. The highest BCUT2D eigenvalue weighted by Crippen LogP contribution is 2.24. The Bertz CT molecular complexity index is 216. The van der Waals surface area contributed by atoms with E-state index in [1.54, 1.807) is 13.8 Å². The normalized spacial score (nSPS) is 24.9. The first kappa shape index (κ1) is 9.26. The molecule has 0 aromatic heterocycles. The number of ether oxygens (including phenoxy) is 2. The van der Waals surface area contributed by atoms with Crippen molar-refractivity contribution < 1.29 is 14.3 Å². The van der Waals surface area contributed by atoms with E-state index < -0.39 is 5.60 Å². The summed E-state index contributed by atoms with van der Waals surface area (Å²) in [5, 5.41) is 0. The third kappa shape index (κ3) is 1.67. The number of carbonyl (C=O) groups is 1. The molecule has 0 saturated carbocycles. The van der Waals surface area contributed by atoms with Crippen LogP contribution >= 0.6 is 0 Å². The van der Waals surface area contributed by atoms with Crippen LogP contribution in [0.15, 0.2) is 11.8 Å². The second kappa shape index (κ2) is 3.27. The fourth-order valence-corrected chi connectivity index (χ4v) is 1.05. The zero-order valence-electron chi connectivity index (χ0n) is 7.72. The van der Waals surface area contributed by atoms with Crippen molar-refractivity contribution in [3.63, 3.8) is 0 Å². The predicted molar refractivity (Wildman–Crippen MR) is 44.7 cm³/mol. The molecule has 0 unspecified atom stereocenters. The zero-order valence-corrected chi connectivity index (χ0v) is 7.72. The molecule has 1 rings (SSSR count). The summed E-state index contributed by atoms with van der Waals surface area (Å²) in [6, 6.07) is 0. The van der Waals surface area contributed by atoms with Gasteiger partial charge in [-0.3, -0.25) is 4.79 Å². The smallest absolute Gasteiger partial charge is 0.195 e. The number of Topliss-reactive ketones (excluding diaryl/α,β-unsaturated/α-hetero) is 1. The van der Waals surface area contributed by atoms with E-state index in [1.165, 1.54) is 6.26 Å². The van der Waals surface area contributed by atoms with Crippen molar-refractivity contribution in [2.24, 2.45) is 0 Å². The van der Waals surface area contributed by atoms with E-state index in [4.69, 9.17) is 9.47 Å². The molecule has 1 fully saturated rings. The minimum Gasteiger partial charge on any atom is -0.501 e. The van der Waals surface area contributed by atoms with Crippen molar-refractivity contribution in [3.05, 3.63) is 11.8 Å². The molecule has 0 radical (unpaired) electrons. The summed E-state index contributed by atoms with van der Waals surface area (Å²) in [5.41, 5.74) is -0.0370. The standard InChI is InChI=1S/C9H14O3/c1-4-11-5-7-6-12-9(2,3)8(7)10/h5H,4,6H2,1-3H3/b7-5-. The highest BCUT2D eigenvalue weighted by molar-refractivity contribution is 6.03. The number of rotatable bonds is 2. The molecule has 0 spiro atoms. The number of carbonyl (C=O) groups excluding carboxylic acids is 1. The lowest BCUT2D eigenvalue weighted by Crippen LogP contribution is -2.27. The molecular formula is C9H14O3. The van der Waals surface area contributed by atoms with Gasteiger partial charge in [-0.2, -0.15) is 0 Å². The Labute approximate surface area is 72.4 Å². The van der Waals surface area contributed by atoms with Gasteiger partial charge in [-0.15, -0.1) is 0 Å². The summed E-state index contributed by atoms with van der Waals surface area (Å²) in [4.78, 5) is 11.5. The summed E-state index contributed by atoms with van der Waals surface area (Å²) < 4.78 is 10.3. The van der Waals surface area contributed by atoms with Crippen LogP contribution in [0.4, 0.5) is 0 Å². The van der Waals surface area contributed by atoms with E-state index in [2.05, 4.69) is 0 Å². The fraction of sp³-hybridized carbons (Fsp3) is 0.667. The molecule has 68 valence electrons. The average molecular weight is 170 g/mol. The third-order valence-corrected chi connectivity index (χ3v) is 1.82. The summed E-state index contributed by atoms with van der Waals surface area (Å²) >= 11 is 0. The maximum Gasteiger partial charge on any atom is 0.195 e. The second-order valence-corrected chi connectivity index (χ2v) is 3.23. The first-order chi connectivity index (χ1) is 5.58. The molecule has 0 aromatic rings. The minimum atomic E-state index is -0.664. The van der Waals surface area contributed by atoms with Crippen molar-refractivity contribution in [2.45, 2.75) is 26.4 Å². The molecule has 3 nitrogen and oxygen atoms in total. The van der Waals surface area contributed by atoms with E-state index >= 15 is 0 Å². The van der Waals surface area contributed by atoms with Gasteiger partial charge in [0.15, 0.2) is 5.78 Å². The number of hydrogen-bond acceptors (Lipinski definition) is 3. The van der Waals surface area contributed by atoms with Crippen LogP contribution in [-0.2, 0) is 14.3 Å². The Hall–Kier alpha value is -0.830. The summed E-state index contributed by atoms with van der Waals surface area (Å²) in [6.45, 7) is 6.36. The highest BCUT2D eigenvalue weighted by atomic mass is 16.5. The molecule has 1 saturated heterocycles. The summed E-state index contributed by atoms with van der Waals surface area (Å²) in [6.07, 6.45) is 1.50. The fourth-order valence-electron chi connectivity index (χ4n) is 1.05. The van der Waals surface area contributed by atoms with Crippen LogP contribution in [-0.4, -0.2) is 24.6 Å². The number of ketones is 1. The Morgan fingerprint density at radius 3 is 2.75 bits per heavy atom.